The van der Waals surface area contributed by atoms with Crippen LogP contribution >= 0.6 is 15.9 Å². The van der Waals surface area contributed by atoms with Crippen LogP contribution in [0, 0.1) is 5.82 Å². The van der Waals surface area contributed by atoms with E-state index in [2.05, 4.69) is 15.9 Å². The number of rotatable bonds is 4. The van der Waals surface area contributed by atoms with Gasteiger partial charge in [-0.3, -0.25) is 4.79 Å². The molecule has 2 rings (SSSR count). The zero-order chi connectivity index (χ0) is 16.3. The summed E-state index contributed by atoms with van der Waals surface area (Å²) < 4.78 is 24.5. The first-order valence-corrected chi connectivity index (χ1v) is 7.40. The van der Waals surface area contributed by atoms with Gasteiger partial charge in [-0.1, -0.05) is 15.9 Å². The Morgan fingerprint density at radius 3 is 2.86 bits per heavy atom. The molecule has 0 aromatic heterocycles. The van der Waals surface area contributed by atoms with Crippen molar-refractivity contribution in [2.24, 2.45) is 0 Å². The Kier molecular flexibility index (Phi) is 5.36. The van der Waals surface area contributed by atoms with Gasteiger partial charge in [-0.25, -0.2) is 9.18 Å². The average molecular weight is 376 g/mol. The molecule has 1 amide bonds. The van der Waals surface area contributed by atoms with Crippen molar-refractivity contribution < 1.29 is 28.6 Å². The molecular weight excluding hydrogens is 361 g/mol. The number of carbonyl (C=O) groups excluding carboxylic acids is 1. The molecular formula is C14H15BrFNO5. The van der Waals surface area contributed by atoms with E-state index >= 15 is 0 Å². The van der Waals surface area contributed by atoms with Crippen LogP contribution in [0.2, 0.25) is 0 Å². The third-order valence-electron chi connectivity index (χ3n) is 3.13. The molecule has 1 aliphatic heterocycles. The first kappa shape index (κ1) is 16.7. The fraction of sp³-hybridized carbons (Fsp3) is 0.429. The van der Waals surface area contributed by atoms with Crippen LogP contribution in [0.5, 0.6) is 5.75 Å². The van der Waals surface area contributed by atoms with Gasteiger partial charge in [0.1, 0.15) is 0 Å². The summed E-state index contributed by atoms with van der Waals surface area (Å²) in [5.74, 6) is -2.15. The van der Waals surface area contributed by atoms with E-state index < -0.39 is 23.8 Å². The normalized spacial score (nSPS) is 21.5. The highest BCUT2D eigenvalue weighted by Gasteiger charge is 2.32. The second kappa shape index (κ2) is 7.06. The number of morpholine rings is 1. The van der Waals surface area contributed by atoms with Crippen molar-refractivity contribution in [2.45, 2.75) is 19.1 Å². The van der Waals surface area contributed by atoms with Crippen molar-refractivity contribution >= 4 is 27.8 Å². The number of carbonyl (C=O) groups is 2. The summed E-state index contributed by atoms with van der Waals surface area (Å²) in [6.07, 6.45) is -1.44. The van der Waals surface area contributed by atoms with E-state index in [4.69, 9.17) is 14.6 Å². The van der Waals surface area contributed by atoms with Gasteiger partial charge in [0, 0.05) is 11.0 Å². The highest BCUT2D eigenvalue weighted by atomic mass is 79.9. The highest BCUT2D eigenvalue weighted by Crippen LogP contribution is 2.21. The number of carboxylic acids is 1. The molecule has 1 saturated heterocycles. The Morgan fingerprint density at radius 1 is 1.50 bits per heavy atom. The van der Waals surface area contributed by atoms with Gasteiger partial charge in [-0.05, 0) is 25.1 Å². The number of ether oxygens (including phenoxy) is 2. The molecule has 1 aromatic rings. The summed E-state index contributed by atoms with van der Waals surface area (Å²) in [4.78, 5) is 24.4. The predicted molar refractivity (Wildman–Crippen MR) is 78.1 cm³/mol. The van der Waals surface area contributed by atoms with Gasteiger partial charge in [-0.15, -0.1) is 0 Å². The fourth-order valence-electron chi connectivity index (χ4n) is 2.11. The Labute approximate surface area is 134 Å². The molecule has 1 aliphatic rings. The molecule has 2 atom stereocenters. The largest absolute Gasteiger partial charge is 0.481 e. The molecule has 0 bridgehead atoms. The van der Waals surface area contributed by atoms with Gasteiger partial charge in [0.15, 0.2) is 24.3 Å². The summed E-state index contributed by atoms with van der Waals surface area (Å²) in [5.41, 5.74) is 0. The monoisotopic (exact) mass is 375 g/mol. The molecule has 22 heavy (non-hydrogen) atoms. The minimum absolute atomic E-state index is 0.0346. The van der Waals surface area contributed by atoms with Gasteiger partial charge in [-0.2, -0.15) is 0 Å². The molecule has 6 nitrogen and oxygen atoms in total. The van der Waals surface area contributed by atoms with Gasteiger partial charge >= 0.3 is 5.97 Å². The topological polar surface area (TPSA) is 76.1 Å². The van der Waals surface area contributed by atoms with E-state index in [0.717, 1.165) is 0 Å². The van der Waals surface area contributed by atoms with Crippen molar-refractivity contribution in [3.8, 4) is 5.75 Å². The van der Waals surface area contributed by atoms with Crippen LogP contribution in [0.15, 0.2) is 22.7 Å². The third-order valence-corrected chi connectivity index (χ3v) is 3.63. The SMILES string of the molecule is C[C@@H]1CN(C(=O)COc2ccc(Br)cc2F)CC(C(=O)O)O1. The maximum atomic E-state index is 13.6. The van der Waals surface area contributed by atoms with Crippen molar-refractivity contribution in [1.29, 1.82) is 0 Å². The van der Waals surface area contributed by atoms with E-state index in [9.17, 15) is 14.0 Å². The van der Waals surface area contributed by atoms with Crippen LogP contribution in [-0.4, -0.2) is 53.8 Å². The summed E-state index contributed by atoms with van der Waals surface area (Å²) in [5, 5.41) is 8.98. The van der Waals surface area contributed by atoms with E-state index in [1.54, 1.807) is 13.0 Å². The smallest absolute Gasteiger partial charge is 0.334 e. The predicted octanol–water partition coefficient (Wildman–Crippen LogP) is 1.67. The minimum atomic E-state index is -1.12. The van der Waals surface area contributed by atoms with Crippen molar-refractivity contribution in [3.63, 3.8) is 0 Å². The number of carboxylic acid groups (broad SMARTS) is 1. The van der Waals surface area contributed by atoms with Crippen molar-refractivity contribution in [2.75, 3.05) is 19.7 Å². The summed E-state index contributed by atoms with van der Waals surface area (Å²) in [6, 6.07) is 4.24. The number of hydrogen-bond acceptors (Lipinski definition) is 4. The number of halogens is 2. The Morgan fingerprint density at radius 2 is 2.23 bits per heavy atom. The summed E-state index contributed by atoms with van der Waals surface area (Å²) in [7, 11) is 0. The third kappa shape index (κ3) is 4.17. The number of benzene rings is 1. The fourth-order valence-corrected chi connectivity index (χ4v) is 2.45. The van der Waals surface area contributed by atoms with Crippen molar-refractivity contribution in [1.82, 2.24) is 4.90 Å². The summed E-state index contributed by atoms with van der Waals surface area (Å²) in [6.45, 7) is 1.54. The molecule has 0 saturated carbocycles. The zero-order valence-corrected chi connectivity index (χ0v) is 13.4. The van der Waals surface area contributed by atoms with Gasteiger partial charge in [0.05, 0.1) is 12.6 Å². The van der Waals surface area contributed by atoms with Crippen LogP contribution in [0.3, 0.4) is 0 Å². The van der Waals surface area contributed by atoms with Crippen molar-refractivity contribution in [3.05, 3.63) is 28.5 Å². The average Bonchev–Trinajstić information content (AvgIpc) is 2.45. The standard InChI is InChI=1S/C14H15BrFNO5/c1-8-5-17(6-12(22-8)14(19)20)13(18)7-21-11-3-2-9(15)4-10(11)16/h2-4,8,12H,5-7H2,1H3,(H,19,20)/t8-,12?/m1/s1. The van der Waals surface area contributed by atoms with Crippen LogP contribution < -0.4 is 4.74 Å². The second-order valence-electron chi connectivity index (χ2n) is 4.94. The second-order valence-corrected chi connectivity index (χ2v) is 5.85. The molecule has 1 fully saturated rings. The molecule has 8 heteroatoms. The maximum Gasteiger partial charge on any atom is 0.334 e. The molecule has 0 spiro atoms. The number of nitrogens with zero attached hydrogens (tertiary/aromatic N) is 1. The maximum absolute atomic E-state index is 13.6. The molecule has 1 N–H and O–H groups in total. The number of amides is 1. The quantitative estimate of drug-likeness (QED) is 0.865. The lowest BCUT2D eigenvalue weighted by molar-refractivity contribution is -0.167. The van der Waals surface area contributed by atoms with E-state index in [0.29, 0.717) is 4.47 Å². The van der Waals surface area contributed by atoms with Crippen LogP contribution in [0.25, 0.3) is 0 Å². The lowest BCUT2D eigenvalue weighted by atomic mass is 10.2. The Bertz CT molecular complexity index is 582. The van der Waals surface area contributed by atoms with E-state index in [1.807, 2.05) is 0 Å². The van der Waals surface area contributed by atoms with Gasteiger partial charge in [0.2, 0.25) is 0 Å². The first-order chi connectivity index (χ1) is 10.4. The lowest BCUT2D eigenvalue weighted by Crippen LogP contribution is -2.52. The Hall–Kier alpha value is -1.67. The van der Waals surface area contributed by atoms with Crippen LogP contribution in [-0.2, 0) is 14.3 Å². The highest BCUT2D eigenvalue weighted by molar-refractivity contribution is 9.10. The number of aliphatic carboxylic acids is 1. The van der Waals surface area contributed by atoms with E-state index in [1.165, 1.54) is 17.0 Å². The number of hydrogen-bond donors (Lipinski definition) is 1. The van der Waals surface area contributed by atoms with Gasteiger partial charge in [0.25, 0.3) is 5.91 Å². The van der Waals surface area contributed by atoms with Crippen LogP contribution in [0.1, 0.15) is 6.92 Å². The summed E-state index contributed by atoms with van der Waals surface area (Å²) >= 11 is 3.13. The molecule has 120 valence electrons. The van der Waals surface area contributed by atoms with E-state index in [-0.39, 0.29) is 31.5 Å². The lowest BCUT2D eigenvalue weighted by Gasteiger charge is -2.34. The van der Waals surface area contributed by atoms with Crippen LogP contribution in [0.4, 0.5) is 4.39 Å². The molecule has 0 aliphatic carbocycles. The minimum Gasteiger partial charge on any atom is -0.481 e. The molecule has 1 unspecified atom stereocenters. The van der Waals surface area contributed by atoms with Gasteiger partial charge < -0.3 is 19.5 Å². The molecule has 1 aromatic carbocycles. The first-order valence-electron chi connectivity index (χ1n) is 6.60. The molecule has 1 heterocycles. The Balaban J connectivity index is 1.95. The zero-order valence-electron chi connectivity index (χ0n) is 11.8. The molecule has 0 radical (unpaired) electrons.